The van der Waals surface area contributed by atoms with E-state index in [9.17, 15) is 4.39 Å². The van der Waals surface area contributed by atoms with Crippen LogP contribution in [0.15, 0.2) is 30.3 Å². The van der Waals surface area contributed by atoms with E-state index in [1.165, 1.54) is 0 Å². The average molecular weight is 274 g/mol. The molecule has 0 aliphatic rings. The standard InChI is InChI=1S/C16H19FN2O/c1-10-6-12(7-11(2)16(10)17)9-19-15-8-13(20-3)4-5-14(15)18/h4-8,19H,9,18H2,1-3H3. The first-order valence-corrected chi connectivity index (χ1v) is 6.44. The van der Waals surface area contributed by atoms with Crippen molar-refractivity contribution in [3.05, 3.63) is 52.8 Å². The van der Waals surface area contributed by atoms with Gasteiger partial charge in [-0.3, -0.25) is 0 Å². The number of nitrogens with two attached hydrogens (primary N) is 1. The molecule has 0 radical (unpaired) electrons. The molecule has 4 heteroatoms. The number of hydrogen-bond acceptors (Lipinski definition) is 3. The molecule has 0 fully saturated rings. The molecule has 0 spiro atoms. The molecule has 0 heterocycles. The van der Waals surface area contributed by atoms with Gasteiger partial charge in [-0.2, -0.15) is 0 Å². The maximum atomic E-state index is 13.6. The highest BCUT2D eigenvalue weighted by Gasteiger charge is 2.06. The number of rotatable bonds is 4. The summed E-state index contributed by atoms with van der Waals surface area (Å²) in [7, 11) is 1.61. The van der Waals surface area contributed by atoms with E-state index in [1.54, 1.807) is 27.0 Å². The normalized spacial score (nSPS) is 10.4. The van der Waals surface area contributed by atoms with Gasteiger partial charge < -0.3 is 15.8 Å². The van der Waals surface area contributed by atoms with Crippen molar-refractivity contribution in [1.29, 1.82) is 0 Å². The fraction of sp³-hybridized carbons (Fsp3) is 0.250. The third-order valence-electron chi connectivity index (χ3n) is 3.24. The van der Waals surface area contributed by atoms with E-state index in [-0.39, 0.29) is 5.82 Å². The molecule has 0 saturated carbocycles. The van der Waals surface area contributed by atoms with E-state index in [1.807, 2.05) is 24.3 Å². The summed E-state index contributed by atoms with van der Waals surface area (Å²) in [4.78, 5) is 0. The third kappa shape index (κ3) is 3.02. The molecular weight excluding hydrogens is 255 g/mol. The summed E-state index contributed by atoms with van der Waals surface area (Å²) in [6.07, 6.45) is 0. The van der Waals surface area contributed by atoms with E-state index < -0.39 is 0 Å². The molecule has 0 aliphatic carbocycles. The zero-order valence-electron chi connectivity index (χ0n) is 12.0. The number of benzene rings is 2. The predicted octanol–water partition coefficient (Wildman–Crippen LogP) is 3.65. The van der Waals surface area contributed by atoms with Crippen LogP contribution in [-0.4, -0.2) is 7.11 Å². The molecule has 0 unspecified atom stereocenters. The smallest absolute Gasteiger partial charge is 0.129 e. The Morgan fingerprint density at radius 2 is 1.80 bits per heavy atom. The Morgan fingerprint density at radius 1 is 1.15 bits per heavy atom. The summed E-state index contributed by atoms with van der Waals surface area (Å²) >= 11 is 0. The fourth-order valence-electron chi connectivity index (χ4n) is 2.15. The number of nitrogens with one attached hydrogen (secondary N) is 1. The Bertz CT molecular complexity index is 603. The number of halogens is 1. The Balaban J connectivity index is 2.16. The van der Waals surface area contributed by atoms with Gasteiger partial charge in [0.15, 0.2) is 0 Å². The summed E-state index contributed by atoms with van der Waals surface area (Å²) in [6, 6.07) is 9.13. The first-order valence-electron chi connectivity index (χ1n) is 6.44. The van der Waals surface area contributed by atoms with Crippen molar-refractivity contribution in [1.82, 2.24) is 0 Å². The highest BCUT2D eigenvalue weighted by Crippen LogP contribution is 2.25. The second kappa shape index (κ2) is 5.82. The topological polar surface area (TPSA) is 47.3 Å². The van der Waals surface area contributed by atoms with Crippen molar-refractivity contribution < 1.29 is 9.13 Å². The molecule has 20 heavy (non-hydrogen) atoms. The molecule has 0 bridgehead atoms. The van der Waals surface area contributed by atoms with Crippen molar-refractivity contribution in [3.8, 4) is 5.75 Å². The van der Waals surface area contributed by atoms with E-state index >= 15 is 0 Å². The Hall–Kier alpha value is -2.23. The quantitative estimate of drug-likeness (QED) is 0.837. The molecule has 3 nitrogen and oxygen atoms in total. The van der Waals surface area contributed by atoms with Crippen LogP contribution in [-0.2, 0) is 6.54 Å². The van der Waals surface area contributed by atoms with Crippen LogP contribution in [0, 0.1) is 19.7 Å². The van der Waals surface area contributed by atoms with E-state index in [0.29, 0.717) is 23.4 Å². The lowest BCUT2D eigenvalue weighted by atomic mass is 10.1. The van der Waals surface area contributed by atoms with Gasteiger partial charge in [0.2, 0.25) is 0 Å². The first-order chi connectivity index (χ1) is 9.51. The maximum absolute atomic E-state index is 13.6. The summed E-state index contributed by atoms with van der Waals surface area (Å²) < 4.78 is 18.8. The number of aryl methyl sites for hydroxylation is 2. The minimum atomic E-state index is -0.144. The zero-order chi connectivity index (χ0) is 14.7. The van der Waals surface area contributed by atoms with Crippen LogP contribution in [0.5, 0.6) is 5.75 Å². The molecule has 2 aromatic rings. The summed E-state index contributed by atoms with van der Waals surface area (Å²) in [6.45, 7) is 4.12. The van der Waals surface area contributed by atoms with Crippen molar-refractivity contribution in [2.75, 3.05) is 18.2 Å². The van der Waals surface area contributed by atoms with Crippen LogP contribution in [0.1, 0.15) is 16.7 Å². The number of anilines is 2. The van der Waals surface area contributed by atoms with Crippen LogP contribution in [0.2, 0.25) is 0 Å². The van der Waals surface area contributed by atoms with Crippen LogP contribution < -0.4 is 15.8 Å². The number of ether oxygens (including phenoxy) is 1. The van der Waals surface area contributed by atoms with Gasteiger partial charge in [-0.25, -0.2) is 4.39 Å². The lowest BCUT2D eigenvalue weighted by molar-refractivity contribution is 0.415. The zero-order valence-corrected chi connectivity index (χ0v) is 12.0. The summed E-state index contributed by atoms with van der Waals surface area (Å²) in [5.74, 6) is 0.600. The molecule has 0 aromatic heterocycles. The number of nitrogen functional groups attached to an aromatic ring is 1. The Morgan fingerprint density at radius 3 is 2.40 bits per heavy atom. The monoisotopic (exact) mass is 274 g/mol. The molecule has 0 atom stereocenters. The van der Waals surface area contributed by atoms with Gasteiger partial charge >= 0.3 is 0 Å². The number of methoxy groups -OCH3 is 1. The highest BCUT2D eigenvalue weighted by atomic mass is 19.1. The Kier molecular flexibility index (Phi) is 4.13. The van der Waals surface area contributed by atoms with Crippen LogP contribution in [0.3, 0.4) is 0 Å². The van der Waals surface area contributed by atoms with E-state index in [0.717, 1.165) is 17.0 Å². The molecule has 0 saturated heterocycles. The minimum absolute atomic E-state index is 0.144. The van der Waals surface area contributed by atoms with Gasteiger partial charge in [0.1, 0.15) is 11.6 Å². The molecule has 2 aromatic carbocycles. The van der Waals surface area contributed by atoms with Crippen LogP contribution in [0.25, 0.3) is 0 Å². The van der Waals surface area contributed by atoms with Gasteiger partial charge in [0, 0.05) is 12.6 Å². The van der Waals surface area contributed by atoms with Gasteiger partial charge in [-0.1, -0.05) is 12.1 Å². The van der Waals surface area contributed by atoms with Crippen LogP contribution in [0.4, 0.5) is 15.8 Å². The van der Waals surface area contributed by atoms with Gasteiger partial charge in [0.05, 0.1) is 18.5 Å². The van der Waals surface area contributed by atoms with Crippen LogP contribution >= 0.6 is 0 Å². The first kappa shape index (κ1) is 14.2. The predicted molar refractivity (Wildman–Crippen MR) is 80.6 cm³/mol. The fourth-order valence-corrected chi connectivity index (χ4v) is 2.15. The molecule has 3 N–H and O–H groups in total. The highest BCUT2D eigenvalue weighted by molar-refractivity contribution is 5.68. The molecule has 2 rings (SSSR count). The van der Waals surface area contributed by atoms with E-state index in [4.69, 9.17) is 10.5 Å². The molecule has 106 valence electrons. The van der Waals surface area contributed by atoms with Gasteiger partial charge in [0.25, 0.3) is 0 Å². The summed E-state index contributed by atoms with van der Waals surface area (Å²) in [5.41, 5.74) is 9.70. The van der Waals surface area contributed by atoms with Crippen molar-refractivity contribution in [2.45, 2.75) is 20.4 Å². The second-order valence-electron chi connectivity index (χ2n) is 4.85. The Labute approximate surface area is 118 Å². The second-order valence-corrected chi connectivity index (χ2v) is 4.85. The van der Waals surface area contributed by atoms with E-state index in [2.05, 4.69) is 5.32 Å². The average Bonchev–Trinajstić information content (AvgIpc) is 2.43. The minimum Gasteiger partial charge on any atom is -0.497 e. The van der Waals surface area contributed by atoms with Crippen molar-refractivity contribution >= 4 is 11.4 Å². The SMILES string of the molecule is COc1ccc(N)c(NCc2cc(C)c(F)c(C)c2)c1. The van der Waals surface area contributed by atoms with Crippen molar-refractivity contribution in [3.63, 3.8) is 0 Å². The molecule has 0 amide bonds. The van der Waals surface area contributed by atoms with Gasteiger partial charge in [-0.05, 0) is 42.7 Å². The summed E-state index contributed by atoms with van der Waals surface area (Å²) in [5, 5.41) is 3.25. The lowest BCUT2D eigenvalue weighted by Crippen LogP contribution is -2.04. The lowest BCUT2D eigenvalue weighted by Gasteiger charge is -2.12. The molecular formula is C16H19FN2O. The largest absolute Gasteiger partial charge is 0.497 e. The third-order valence-corrected chi connectivity index (χ3v) is 3.24. The van der Waals surface area contributed by atoms with Crippen molar-refractivity contribution in [2.24, 2.45) is 0 Å². The number of hydrogen-bond donors (Lipinski definition) is 2. The molecule has 0 aliphatic heterocycles. The van der Waals surface area contributed by atoms with Gasteiger partial charge in [-0.15, -0.1) is 0 Å². The maximum Gasteiger partial charge on any atom is 0.129 e.